The molecule has 3 amide bonds. The van der Waals surface area contributed by atoms with Crippen molar-refractivity contribution in [2.45, 2.75) is 94.9 Å². The smallest absolute Gasteiger partial charge is 0.417 e. The van der Waals surface area contributed by atoms with E-state index in [0.717, 1.165) is 60.7 Å². The van der Waals surface area contributed by atoms with E-state index in [4.69, 9.17) is 16.3 Å². The van der Waals surface area contributed by atoms with E-state index < -0.39 is 46.7 Å². The molecule has 11 heteroatoms. The quantitative estimate of drug-likeness (QED) is 0.181. The van der Waals surface area contributed by atoms with Crippen LogP contribution in [0.15, 0.2) is 48.5 Å². The highest BCUT2D eigenvalue weighted by molar-refractivity contribution is 7.99. The van der Waals surface area contributed by atoms with Gasteiger partial charge in [0.05, 0.1) is 0 Å². The van der Waals surface area contributed by atoms with Crippen molar-refractivity contribution in [1.29, 1.82) is 0 Å². The van der Waals surface area contributed by atoms with Gasteiger partial charge in [0.1, 0.15) is 17.4 Å². The van der Waals surface area contributed by atoms with Crippen LogP contribution in [0, 0.1) is 18.8 Å². The first kappa shape index (κ1) is 34.6. The lowest BCUT2D eigenvalue weighted by atomic mass is 9.76. The second-order valence-corrected chi connectivity index (χ2v) is 14.2. The first-order valence-corrected chi connectivity index (χ1v) is 17.0. The third kappa shape index (κ3) is 9.63. The number of hydrogen-bond donors (Lipinski definition) is 4. The fourth-order valence-corrected chi connectivity index (χ4v) is 7.35. The molecule has 0 spiro atoms. The minimum atomic E-state index is -1.21. The van der Waals surface area contributed by atoms with E-state index in [-0.39, 0.29) is 18.2 Å². The third-order valence-electron chi connectivity index (χ3n) is 8.94. The van der Waals surface area contributed by atoms with Crippen molar-refractivity contribution < 1.29 is 29.0 Å². The lowest BCUT2D eigenvalue weighted by Crippen LogP contribution is -2.47. The van der Waals surface area contributed by atoms with Gasteiger partial charge in [-0.15, -0.1) is 0 Å². The topological polar surface area (TPSA) is 134 Å². The van der Waals surface area contributed by atoms with Crippen molar-refractivity contribution >= 4 is 47.4 Å². The summed E-state index contributed by atoms with van der Waals surface area (Å²) >= 11 is 7.27. The summed E-state index contributed by atoms with van der Waals surface area (Å²) in [6.45, 7) is 6.44. The zero-order valence-electron chi connectivity index (χ0n) is 26.1. The molecule has 9 nitrogen and oxygen atoms in total. The SMILES string of the molecule is Cc1cccc(C(OC(=O)NS[C@@H](CC2CCCCC2)C(=O)N[C@@H](C[C@@H]2CCNC2=O)C(=O)O)C(C)(C)c2cccc(Cl)c2)c1. The molecular formula is C34H44ClN3O6S. The van der Waals surface area contributed by atoms with E-state index in [1.807, 2.05) is 63.2 Å². The molecule has 2 aliphatic rings. The molecule has 1 saturated heterocycles. The van der Waals surface area contributed by atoms with Gasteiger partial charge in [0.25, 0.3) is 0 Å². The first-order chi connectivity index (χ1) is 21.4. The number of rotatable bonds is 13. The number of carboxylic acids is 1. The highest BCUT2D eigenvalue weighted by Gasteiger charge is 2.37. The van der Waals surface area contributed by atoms with Gasteiger partial charge in [-0.2, -0.15) is 0 Å². The number of hydrogen-bond acceptors (Lipinski definition) is 6. The predicted molar refractivity (Wildman–Crippen MR) is 176 cm³/mol. The van der Waals surface area contributed by atoms with Crippen molar-refractivity contribution in [3.05, 3.63) is 70.2 Å². The molecule has 1 unspecified atom stereocenters. The fraction of sp³-hybridized carbons (Fsp3) is 0.529. The molecule has 244 valence electrons. The minimum absolute atomic E-state index is 0.0138. The van der Waals surface area contributed by atoms with Crippen LogP contribution < -0.4 is 15.4 Å². The van der Waals surface area contributed by atoms with Gasteiger partial charge in [0.2, 0.25) is 11.8 Å². The van der Waals surface area contributed by atoms with Crippen LogP contribution in [0.3, 0.4) is 0 Å². The summed E-state index contributed by atoms with van der Waals surface area (Å²) in [7, 11) is 0. The van der Waals surface area contributed by atoms with Crippen LogP contribution in [0.2, 0.25) is 5.02 Å². The molecule has 1 aliphatic heterocycles. The minimum Gasteiger partial charge on any atom is -0.480 e. The maximum atomic E-state index is 13.6. The molecule has 4 N–H and O–H groups in total. The Labute approximate surface area is 274 Å². The summed E-state index contributed by atoms with van der Waals surface area (Å²) in [5.74, 6) is -2.06. The van der Waals surface area contributed by atoms with Crippen molar-refractivity contribution in [3.8, 4) is 0 Å². The van der Waals surface area contributed by atoms with Crippen molar-refractivity contribution in [1.82, 2.24) is 15.4 Å². The Hall–Kier alpha value is -3.24. The zero-order chi connectivity index (χ0) is 32.6. The summed E-state index contributed by atoms with van der Waals surface area (Å²) in [5.41, 5.74) is 2.06. The Morgan fingerprint density at radius 1 is 1.07 bits per heavy atom. The van der Waals surface area contributed by atoms with Crippen LogP contribution in [-0.4, -0.2) is 46.8 Å². The van der Waals surface area contributed by atoms with Crippen molar-refractivity contribution in [2.75, 3.05) is 6.54 Å². The molecule has 0 bridgehead atoms. The molecule has 2 fully saturated rings. The zero-order valence-corrected chi connectivity index (χ0v) is 27.7. The fourth-order valence-electron chi connectivity index (χ4n) is 6.33. The summed E-state index contributed by atoms with van der Waals surface area (Å²) < 4.78 is 8.85. The number of nitrogens with one attached hydrogen (secondary N) is 3. The third-order valence-corrected chi connectivity index (χ3v) is 10.2. The maximum Gasteiger partial charge on any atom is 0.417 e. The van der Waals surface area contributed by atoms with E-state index in [9.17, 15) is 24.3 Å². The van der Waals surface area contributed by atoms with Crippen LogP contribution in [0.1, 0.15) is 88.0 Å². The second kappa shape index (κ2) is 15.9. The molecule has 4 atom stereocenters. The molecule has 1 saturated carbocycles. The normalized spacial score (nSPS) is 19.2. The number of amides is 3. The highest BCUT2D eigenvalue weighted by Crippen LogP contribution is 2.41. The molecule has 1 aliphatic carbocycles. The summed E-state index contributed by atoms with van der Waals surface area (Å²) in [6, 6.07) is 14.0. The van der Waals surface area contributed by atoms with E-state index in [2.05, 4.69) is 15.4 Å². The number of benzene rings is 2. The Morgan fingerprint density at radius 3 is 2.44 bits per heavy atom. The van der Waals surface area contributed by atoms with Crippen LogP contribution in [0.5, 0.6) is 0 Å². The van der Waals surface area contributed by atoms with Crippen LogP contribution in [-0.2, 0) is 24.5 Å². The van der Waals surface area contributed by atoms with Gasteiger partial charge in [-0.3, -0.25) is 14.3 Å². The second-order valence-electron chi connectivity index (χ2n) is 12.8. The monoisotopic (exact) mass is 657 g/mol. The van der Waals surface area contributed by atoms with Crippen LogP contribution in [0.25, 0.3) is 0 Å². The van der Waals surface area contributed by atoms with E-state index >= 15 is 0 Å². The summed E-state index contributed by atoms with van der Waals surface area (Å²) in [6.07, 6.45) is 4.89. The number of aliphatic carboxylic acids is 1. The molecule has 2 aromatic carbocycles. The number of ether oxygens (including phenoxy) is 1. The van der Waals surface area contributed by atoms with Crippen LogP contribution >= 0.6 is 23.5 Å². The highest BCUT2D eigenvalue weighted by atomic mass is 35.5. The van der Waals surface area contributed by atoms with Gasteiger partial charge in [-0.05, 0) is 67.3 Å². The first-order valence-electron chi connectivity index (χ1n) is 15.7. The average Bonchev–Trinajstić information content (AvgIpc) is 3.41. The number of carboxylic acid groups (broad SMARTS) is 1. The summed E-state index contributed by atoms with van der Waals surface area (Å²) in [5, 5.41) is 15.1. The molecular weight excluding hydrogens is 614 g/mol. The molecule has 0 aromatic heterocycles. The molecule has 1 heterocycles. The van der Waals surface area contributed by atoms with Gasteiger partial charge < -0.3 is 20.5 Å². The van der Waals surface area contributed by atoms with Gasteiger partial charge in [-0.1, -0.05) is 99.5 Å². The van der Waals surface area contributed by atoms with Gasteiger partial charge in [0, 0.05) is 22.9 Å². The Balaban J connectivity index is 1.49. The molecule has 2 aromatic rings. The Kier molecular flexibility index (Phi) is 12.2. The van der Waals surface area contributed by atoms with Gasteiger partial charge in [-0.25, -0.2) is 9.59 Å². The van der Waals surface area contributed by atoms with E-state index in [1.54, 1.807) is 6.07 Å². The van der Waals surface area contributed by atoms with Gasteiger partial charge >= 0.3 is 12.1 Å². The Morgan fingerprint density at radius 2 is 1.80 bits per heavy atom. The standard InChI is InChI=1S/C34H44ClN3O6S/c1-21-9-7-12-23(17-21)29(34(2,3)25-13-8-14-26(35)20-25)44-33(43)38-45-28(18-22-10-5-4-6-11-22)31(40)37-27(32(41)42)19-24-15-16-36-30(24)39/h7-9,12-14,17,20,22,24,27-29H,4-6,10-11,15-16,18-19H2,1-3H3,(H,36,39)(H,37,40)(H,38,43)(H,41,42)/t24-,27-,28-,29?/m0/s1. The molecule has 4 rings (SSSR count). The predicted octanol–water partition coefficient (Wildman–Crippen LogP) is 6.48. The van der Waals surface area contributed by atoms with Crippen molar-refractivity contribution in [2.24, 2.45) is 11.8 Å². The summed E-state index contributed by atoms with van der Waals surface area (Å²) in [4.78, 5) is 51.1. The van der Waals surface area contributed by atoms with E-state index in [1.165, 1.54) is 0 Å². The van der Waals surface area contributed by atoms with Crippen LogP contribution in [0.4, 0.5) is 4.79 Å². The number of carbonyl (C=O) groups excluding carboxylic acids is 3. The number of aryl methyl sites for hydroxylation is 1. The van der Waals surface area contributed by atoms with Gasteiger partial charge in [0.15, 0.2) is 0 Å². The molecule has 0 radical (unpaired) electrons. The average molecular weight is 658 g/mol. The van der Waals surface area contributed by atoms with Crippen molar-refractivity contribution in [3.63, 3.8) is 0 Å². The Bertz CT molecular complexity index is 1360. The molecule has 45 heavy (non-hydrogen) atoms. The largest absolute Gasteiger partial charge is 0.480 e. The van der Waals surface area contributed by atoms with E-state index in [0.29, 0.717) is 24.4 Å². The number of halogens is 1. The number of carbonyl (C=O) groups is 4. The maximum absolute atomic E-state index is 13.6. The lowest BCUT2D eigenvalue weighted by Gasteiger charge is -2.35. The lowest BCUT2D eigenvalue weighted by molar-refractivity contribution is -0.142.